The quantitative estimate of drug-likeness (QED) is 0.237. The molecule has 4 aromatic carbocycles. The van der Waals surface area contributed by atoms with E-state index in [9.17, 15) is 18.0 Å². The van der Waals surface area contributed by atoms with Crippen molar-refractivity contribution in [2.75, 3.05) is 13.1 Å². The Balaban J connectivity index is 1.09. The average molecular weight is 610 g/mol. The summed E-state index contributed by atoms with van der Waals surface area (Å²) in [5, 5.41) is 5.28. The monoisotopic (exact) mass is 609 g/mol. The minimum absolute atomic E-state index is 0.103. The fraction of sp³-hybridized carbons (Fsp3) is 0.257. The minimum atomic E-state index is -4.23. The maximum atomic E-state index is 13.5. The number of hydrogen-bond acceptors (Lipinski definition) is 6. The number of fused-ring (bicyclic) bond motifs is 1. The average Bonchev–Trinajstić information content (AvgIpc) is 3.56. The molecule has 2 amide bonds. The molecule has 2 aliphatic rings. The second kappa shape index (κ2) is 12.3. The molecule has 8 nitrogen and oxygen atoms in total. The van der Waals surface area contributed by atoms with Crippen LogP contribution in [0.1, 0.15) is 24.0 Å². The van der Waals surface area contributed by atoms with Crippen LogP contribution in [0.3, 0.4) is 0 Å². The van der Waals surface area contributed by atoms with Crippen molar-refractivity contribution >= 4 is 32.6 Å². The highest BCUT2D eigenvalue weighted by molar-refractivity contribution is 7.90. The third kappa shape index (κ3) is 6.25. The first-order valence-corrected chi connectivity index (χ1v) is 16.2. The van der Waals surface area contributed by atoms with Gasteiger partial charge in [0, 0.05) is 25.1 Å². The van der Waals surface area contributed by atoms with Crippen LogP contribution in [-0.2, 0) is 32.8 Å². The van der Waals surface area contributed by atoms with Crippen LogP contribution in [0.25, 0.3) is 10.8 Å². The van der Waals surface area contributed by atoms with Crippen LogP contribution in [0.5, 0.6) is 5.75 Å². The van der Waals surface area contributed by atoms with Crippen molar-refractivity contribution in [3.8, 4) is 5.75 Å². The Kier molecular flexibility index (Phi) is 8.25. The van der Waals surface area contributed by atoms with E-state index in [1.54, 1.807) is 18.2 Å². The van der Waals surface area contributed by atoms with Crippen molar-refractivity contribution in [2.24, 2.45) is 11.8 Å². The van der Waals surface area contributed by atoms with Crippen molar-refractivity contribution in [3.05, 3.63) is 121 Å². The molecule has 9 heteroatoms. The van der Waals surface area contributed by atoms with Crippen molar-refractivity contribution in [3.63, 3.8) is 0 Å². The van der Waals surface area contributed by atoms with Gasteiger partial charge in [-0.25, -0.2) is 13.1 Å². The van der Waals surface area contributed by atoms with Crippen molar-refractivity contribution in [1.29, 1.82) is 0 Å². The second-order valence-electron chi connectivity index (χ2n) is 11.5. The SMILES string of the molecule is C=C[C@@H]1C[C@]1(NC(=O)[C@H]1CCN(Cc2cccc3ccccc23)C1)C(=O)NS(=O)(=O)c1cccc(OCc2ccccc2)c1. The van der Waals surface area contributed by atoms with E-state index in [1.165, 1.54) is 28.5 Å². The smallest absolute Gasteiger partial charge is 0.264 e. The topological polar surface area (TPSA) is 105 Å². The van der Waals surface area contributed by atoms with Crippen molar-refractivity contribution in [1.82, 2.24) is 14.9 Å². The van der Waals surface area contributed by atoms with Gasteiger partial charge >= 0.3 is 0 Å². The van der Waals surface area contributed by atoms with Crippen molar-refractivity contribution < 1.29 is 22.7 Å². The van der Waals surface area contributed by atoms with Gasteiger partial charge in [0.2, 0.25) is 5.91 Å². The normalized spacial score (nSPS) is 21.5. The Bertz CT molecular complexity index is 1800. The lowest BCUT2D eigenvalue weighted by Crippen LogP contribution is -2.53. The van der Waals surface area contributed by atoms with Crippen LogP contribution in [0.4, 0.5) is 0 Å². The molecule has 3 atom stereocenters. The molecule has 0 spiro atoms. The number of amides is 2. The number of likely N-dealkylation sites (tertiary alicyclic amines) is 1. The summed E-state index contributed by atoms with van der Waals surface area (Å²) in [4.78, 5) is 29.0. The number of carbonyl (C=O) groups is 2. The summed E-state index contributed by atoms with van der Waals surface area (Å²) in [7, 11) is -4.23. The Morgan fingerprint density at radius 2 is 1.73 bits per heavy atom. The lowest BCUT2D eigenvalue weighted by molar-refractivity contribution is -0.131. The molecule has 2 N–H and O–H groups in total. The zero-order chi connectivity index (χ0) is 30.7. The zero-order valence-electron chi connectivity index (χ0n) is 24.3. The summed E-state index contributed by atoms with van der Waals surface area (Å²) < 4.78 is 34.5. The van der Waals surface area contributed by atoms with E-state index < -0.39 is 21.5 Å². The summed E-state index contributed by atoms with van der Waals surface area (Å²) in [6, 6.07) is 30.0. The third-order valence-corrected chi connectivity index (χ3v) is 9.89. The van der Waals surface area contributed by atoms with E-state index >= 15 is 0 Å². The first-order chi connectivity index (χ1) is 21.3. The minimum Gasteiger partial charge on any atom is -0.489 e. The van der Waals surface area contributed by atoms with Crippen LogP contribution in [-0.4, -0.2) is 43.8 Å². The second-order valence-corrected chi connectivity index (χ2v) is 13.2. The van der Waals surface area contributed by atoms with Crippen LogP contribution in [0.2, 0.25) is 0 Å². The lowest BCUT2D eigenvalue weighted by atomic mass is 10.0. The van der Waals surface area contributed by atoms with Crippen LogP contribution >= 0.6 is 0 Å². The Morgan fingerprint density at radius 3 is 2.52 bits per heavy atom. The van der Waals surface area contributed by atoms with Gasteiger partial charge in [-0.1, -0.05) is 84.9 Å². The number of nitrogens with one attached hydrogen (secondary N) is 2. The molecule has 1 saturated heterocycles. The predicted octanol–water partition coefficient (Wildman–Crippen LogP) is 4.81. The number of rotatable bonds is 11. The van der Waals surface area contributed by atoms with Gasteiger partial charge in [0.1, 0.15) is 17.9 Å². The number of ether oxygens (including phenoxy) is 1. The molecule has 0 unspecified atom stereocenters. The molecular formula is C35H35N3O5S. The van der Waals surface area contributed by atoms with Crippen LogP contribution in [0.15, 0.2) is 115 Å². The highest BCUT2D eigenvalue weighted by Crippen LogP contribution is 2.45. The maximum Gasteiger partial charge on any atom is 0.264 e. The van der Waals surface area contributed by atoms with Gasteiger partial charge in [-0.05, 0) is 53.4 Å². The molecule has 226 valence electrons. The van der Waals surface area contributed by atoms with E-state index in [-0.39, 0.29) is 35.7 Å². The fourth-order valence-electron chi connectivity index (χ4n) is 5.96. The van der Waals surface area contributed by atoms with Gasteiger partial charge < -0.3 is 10.1 Å². The summed E-state index contributed by atoms with van der Waals surface area (Å²) in [5.41, 5.74) is 0.791. The molecule has 1 aliphatic carbocycles. The zero-order valence-corrected chi connectivity index (χ0v) is 25.1. The molecule has 4 aromatic rings. The highest BCUT2D eigenvalue weighted by Gasteiger charge is 2.61. The molecular weight excluding hydrogens is 574 g/mol. The van der Waals surface area contributed by atoms with Gasteiger partial charge in [-0.2, -0.15) is 0 Å². The molecule has 1 heterocycles. The fourth-order valence-corrected chi connectivity index (χ4v) is 7.03. The van der Waals surface area contributed by atoms with E-state index in [4.69, 9.17) is 4.74 Å². The Hall–Kier alpha value is -4.47. The number of benzene rings is 4. The summed E-state index contributed by atoms with van der Waals surface area (Å²) in [6.07, 6.45) is 2.53. The van der Waals surface area contributed by atoms with E-state index in [2.05, 4.69) is 45.8 Å². The van der Waals surface area contributed by atoms with Gasteiger partial charge in [0.15, 0.2) is 0 Å². The number of nitrogens with zero attached hydrogens (tertiary/aromatic N) is 1. The summed E-state index contributed by atoms with van der Waals surface area (Å²) in [5.74, 6) is -1.33. The van der Waals surface area contributed by atoms with Gasteiger partial charge in [0.25, 0.3) is 15.9 Å². The van der Waals surface area contributed by atoms with Crippen LogP contribution in [0, 0.1) is 11.8 Å². The summed E-state index contributed by atoms with van der Waals surface area (Å²) >= 11 is 0. The Morgan fingerprint density at radius 1 is 0.977 bits per heavy atom. The molecule has 2 fully saturated rings. The highest BCUT2D eigenvalue weighted by atomic mass is 32.2. The summed E-state index contributed by atoms with van der Waals surface area (Å²) in [6.45, 7) is 6.09. The molecule has 1 aliphatic heterocycles. The molecule has 0 aromatic heterocycles. The molecule has 0 bridgehead atoms. The maximum absolute atomic E-state index is 13.5. The van der Waals surface area contributed by atoms with Crippen molar-refractivity contribution in [2.45, 2.75) is 36.4 Å². The van der Waals surface area contributed by atoms with Gasteiger partial charge in [0.05, 0.1) is 10.8 Å². The third-order valence-electron chi connectivity index (χ3n) is 8.56. The largest absolute Gasteiger partial charge is 0.489 e. The number of sulfonamides is 1. The first kappa shape index (κ1) is 29.6. The number of carbonyl (C=O) groups excluding carboxylic acids is 2. The van der Waals surface area contributed by atoms with E-state index in [0.29, 0.717) is 18.7 Å². The molecule has 6 rings (SSSR count). The lowest BCUT2D eigenvalue weighted by Gasteiger charge is -2.21. The first-order valence-electron chi connectivity index (χ1n) is 14.7. The van der Waals surface area contributed by atoms with Crippen LogP contribution < -0.4 is 14.8 Å². The van der Waals surface area contributed by atoms with E-state index in [1.807, 2.05) is 48.5 Å². The molecule has 0 radical (unpaired) electrons. The molecule has 1 saturated carbocycles. The standard InChI is InChI=1S/C35H35N3O5S/c1-2-29-21-35(29,34(40)37-44(41,42)31-16-9-15-30(20-31)43-24-25-10-4-3-5-11-25)36-33(39)28-18-19-38(23-28)22-27-14-8-13-26-12-6-7-17-32(26)27/h2-17,20,28-29H,1,18-19,21-24H2,(H,36,39)(H,37,40)/t28-,29+,35+/m0/s1. The Labute approximate surface area is 257 Å². The number of hydrogen-bond donors (Lipinski definition) is 2. The van der Waals surface area contributed by atoms with Gasteiger partial charge in [-0.15, -0.1) is 6.58 Å². The molecule has 44 heavy (non-hydrogen) atoms. The predicted molar refractivity (Wildman–Crippen MR) is 169 cm³/mol. The van der Waals surface area contributed by atoms with Gasteiger partial charge in [-0.3, -0.25) is 14.5 Å². The van der Waals surface area contributed by atoms with E-state index in [0.717, 1.165) is 18.7 Å².